The van der Waals surface area contributed by atoms with Crippen LogP contribution in [0.5, 0.6) is 0 Å². The molecule has 0 aromatic heterocycles. The first kappa shape index (κ1) is 15.4. The van der Waals surface area contributed by atoms with Crippen LogP contribution in [0, 0.1) is 0 Å². The number of hydrogen-bond donors (Lipinski definition) is 0. The fourth-order valence-electron chi connectivity index (χ4n) is 2.33. The number of ether oxygens (including phenoxy) is 1. The number of nitrogens with zero attached hydrogens (tertiary/aromatic N) is 1. The molecule has 0 N–H and O–H groups in total. The van der Waals surface area contributed by atoms with Crippen LogP contribution in [0.15, 0.2) is 40.0 Å². The van der Waals surface area contributed by atoms with Gasteiger partial charge in [-0.2, -0.15) is 0 Å². The molecule has 0 aliphatic carbocycles. The van der Waals surface area contributed by atoms with E-state index in [4.69, 9.17) is 4.74 Å². The van der Waals surface area contributed by atoms with E-state index in [2.05, 4.69) is 20.9 Å². The summed E-state index contributed by atoms with van der Waals surface area (Å²) < 4.78 is 6.99. The second kappa shape index (κ2) is 6.65. The zero-order chi connectivity index (χ0) is 14.6. The van der Waals surface area contributed by atoms with Crippen molar-refractivity contribution in [3.8, 4) is 0 Å². The molecule has 0 fully saturated rings. The van der Waals surface area contributed by atoms with Gasteiger partial charge < -0.3 is 0 Å². The van der Waals surface area contributed by atoms with Crippen LogP contribution in [0.3, 0.4) is 0 Å². The van der Waals surface area contributed by atoms with Gasteiger partial charge in [0.15, 0.2) is 0 Å². The zero-order valence-electron chi connectivity index (χ0n) is 12.6. The Balaban J connectivity index is 1.85. The molecule has 0 atom stereocenters. The Kier molecular flexibility index (Phi) is 5.13. The molecule has 3 nitrogen and oxygen atoms in total. The molecule has 0 spiro atoms. The molecule has 1 heterocycles. The van der Waals surface area contributed by atoms with Crippen LogP contribution in [0.2, 0.25) is 14.8 Å². The van der Waals surface area contributed by atoms with Gasteiger partial charge in [-0.25, -0.2) is 0 Å². The topological polar surface area (TPSA) is 29.5 Å². The molecule has 2 rings (SSSR count). The van der Waals surface area contributed by atoms with E-state index in [9.17, 15) is 4.79 Å². The van der Waals surface area contributed by atoms with E-state index in [-0.39, 0.29) is 6.09 Å². The third-order valence-electron chi connectivity index (χ3n) is 3.64. The minimum absolute atomic E-state index is 0.201. The molecule has 1 amide bonds. The van der Waals surface area contributed by atoms with Crippen molar-refractivity contribution in [3.05, 3.63) is 45.6 Å². The molecule has 0 radical (unpaired) electrons. The number of carbonyl (C=O) groups excluding carboxylic acids is 1. The van der Waals surface area contributed by atoms with Gasteiger partial charge in [-0.05, 0) is 0 Å². The number of amides is 1. The van der Waals surface area contributed by atoms with Gasteiger partial charge in [0.1, 0.15) is 0 Å². The van der Waals surface area contributed by atoms with Crippen molar-refractivity contribution < 1.29 is 9.53 Å². The van der Waals surface area contributed by atoms with Gasteiger partial charge >= 0.3 is 125 Å². The third kappa shape index (κ3) is 4.26. The van der Waals surface area contributed by atoms with Gasteiger partial charge in [-0.15, -0.1) is 0 Å². The fraction of sp³-hybridized carbons (Fsp3) is 0.438. The number of carbonyl (C=O) groups is 1. The molecule has 0 saturated heterocycles. The van der Waals surface area contributed by atoms with Crippen molar-refractivity contribution in [1.82, 2.24) is 4.90 Å². The van der Waals surface area contributed by atoms with Crippen LogP contribution in [-0.2, 0) is 11.3 Å². The van der Waals surface area contributed by atoms with Crippen molar-refractivity contribution in [3.63, 3.8) is 0 Å². The Hall–Kier alpha value is -0.971. The zero-order valence-corrected chi connectivity index (χ0v) is 15.4. The van der Waals surface area contributed by atoms with E-state index in [1.54, 1.807) is 8.49 Å². The molecule has 20 heavy (non-hydrogen) atoms. The standard InChI is InChI=1S/C13H14NO2.3CH3.Sn/c15-13(14-9-5-2-6-10-14)16-11-12-7-3-1-4-8-12;;;;/h1,3-5,7-8H,6,9-11H2;3*1H3;. The van der Waals surface area contributed by atoms with Gasteiger partial charge in [0.05, 0.1) is 0 Å². The summed E-state index contributed by atoms with van der Waals surface area (Å²) in [5.74, 6) is 0. The molecule has 1 aromatic rings. The average molecular weight is 380 g/mol. The summed E-state index contributed by atoms with van der Waals surface area (Å²) in [6, 6.07) is 9.80. The van der Waals surface area contributed by atoms with Gasteiger partial charge in [0, 0.05) is 0 Å². The molecule has 0 unspecified atom stereocenters. The first-order chi connectivity index (χ1) is 9.47. The van der Waals surface area contributed by atoms with Crippen molar-refractivity contribution >= 4 is 24.5 Å². The Morgan fingerprint density at radius 2 is 1.95 bits per heavy atom. The first-order valence-electron chi connectivity index (χ1n) is 7.12. The molecular formula is C16H23NO2Sn. The normalized spacial score (nSPS) is 15.8. The van der Waals surface area contributed by atoms with Gasteiger partial charge in [0.2, 0.25) is 0 Å². The van der Waals surface area contributed by atoms with Gasteiger partial charge in [-0.3, -0.25) is 0 Å². The van der Waals surface area contributed by atoms with Crippen LogP contribution < -0.4 is 0 Å². The number of benzene rings is 1. The van der Waals surface area contributed by atoms with E-state index >= 15 is 0 Å². The maximum atomic E-state index is 12.0. The summed E-state index contributed by atoms with van der Waals surface area (Å²) in [6.07, 6.45) is 3.08. The molecule has 0 saturated carbocycles. The van der Waals surface area contributed by atoms with Crippen LogP contribution >= 0.6 is 0 Å². The second-order valence-corrected chi connectivity index (χ2v) is 20.9. The van der Waals surface area contributed by atoms with Crippen molar-refractivity contribution in [2.75, 3.05) is 13.1 Å². The summed E-state index contributed by atoms with van der Waals surface area (Å²) in [4.78, 5) is 21.1. The van der Waals surface area contributed by atoms with Gasteiger partial charge in [-0.1, -0.05) is 0 Å². The van der Waals surface area contributed by atoms with E-state index in [1.807, 2.05) is 30.3 Å². The predicted molar refractivity (Wildman–Crippen MR) is 84.2 cm³/mol. The van der Waals surface area contributed by atoms with Gasteiger partial charge in [0.25, 0.3) is 0 Å². The summed E-state index contributed by atoms with van der Waals surface area (Å²) in [6.45, 7) is 1.86. The monoisotopic (exact) mass is 381 g/mol. The minimum atomic E-state index is -1.93. The van der Waals surface area contributed by atoms with E-state index < -0.39 is 18.4 Å². The van der Waals surface area contributed by atoms with Crippen molar-refractivity contribution in [2.24, 2.45) is 0 Å². The quantitative estimate of drug-likeness (QED) is 0.747. The molecule has 108 valence electrons. The average Bonchev–Trinajstić information content (AvgIpc) is 2.45. The number of hydrogen-bond acceptors (Lipinski definition) is 2. The maximum absolute atomic E-state index is 12.0. The molecule has 1 aliphatic heterocycles. The van der Waals surface area contributed by atoms with Crippen molar-refractivity contribution in [2.45, 2.75) is 27.8 Å². The Morgan fingerprint density at radius 1 is 1.25 bits per heavy atom. The van der Waals surface area contributed by atoms with Crippen LogP contribution in [-0.4, -0.2) is 42.5 Å². The molecule has 1 aliphatic rings. The molecule has 4 heteroatoms. The van der Waals surface area contributed by atoms with Crippen LogP contribution in [0.25, 0.3) is 0 Å². The van der Waals surface area contributed by atoms with Crippen molar-refractivity contribution in [1.29, 1.82) is 0 Å². The summed E-state index contributed by atoms with van der Waals surface area (Å²) >= 11 is -1.93. The molecular weight excluding hydrogens is 357 g/mol. The molecule has 0 bridgehead atoms. The predicted octanol–water partition coefficient (Wildman–Crippen LogP) is 3.83. The second-order valence-electron chi connectivity index (χ2n) is 6.22. The Labute approximate surface area is 125 Å². The summed E-state index contributed by atoms with van der Waals surface area (Å²) in [7, 11) is 0. The number of rotatable bonds is 3. The Morgan fingerprint density at radius 3 is 2.50 bits per heavy atom. The molecule has 1 aromatic carbocycles. The van der Waals surface area contributed by atoms with Crippen LogP contribution in [0.4, 0.5) is 4.79 Å². The van der Waals surface area contributed by atoms with Crippen LogP contribution in [0.1, 0.15) is 12.0 Å². The van der Waals surface area contributed by atoms with E-state index in [0.29, 0.717) is 13.2 Å². The summed E-state index contributed by atoms with van der Waals surface area (Å²) in [5, 5.41) is 0. The third-order valence-corrected chi connectivity index (χ3v) is 10.4. The van der Waals surface area contributed by atoms with E-state index in [1.165, 1.54) is 0 Å². The summed E-state index contributed by atoms with van der Waals surface area (Å²) in [5.41, 5.74) is 1.03. The first-order valence-corrected chi connectivity index (χ1v) is 17.1. The fourth-order valence-corrected chi connectivity index (χ4v) is 6.79. The Bertz CT molecular complexity index is 491. The van der Waals surface area contributed by atoms with E-state index in [0.717, 1.165) is 18.5 Å². The SMILES string of the molecule is [CH3][Sn]([CH3])([CH3])[C]1=CCN(C(=O)OCc2ccccc2)CC1.